The average molecular weight is 347 g/mol. The first-order valence-corrected chi connectivity index (χ1v) is 10.7. The number of fused-ring (bicyclic) bond motifs is 8. The van der Waals surface area contributed by atoms with Crippen LogP contribution in [0.1, 0.15) is 72.6 Å². The predicted octanol–water partition coefficient (Wildman–Crippen LogP) is 4.58. The molecular formula is C22H34O3. The molecule has 1 heterocycles. The fraction of sp³-hybridized carbons (Fsp3) is 0.955. The summed E-state index contributed by atoms with van der Waals surface area (Å²) >= 11 is 0. The summed E-state index contributed by atoms with van der Waals surface area (Å²) in [5.41, 5.74) is -0.414. The second-order valence-electron chi connectivity index (χ2n) is 10.2. The number of hydrogen-bond donors (Lipinski definition) is 0. The van der Waals surface area contributed by atoms with Crippen molar-refractivity contribution in [3.63, 3.8) is 0 Å². The summed E-state index contributed by atoms with van der Waals surface area (Å²) in [6, 6.07) is 0. The van der Waals surface area contributed by atoms with Gasteiger partial charge in [0, 0.05) is 17.8 Å². The maximum absolute atomic E-state index is 13.2. The lowest BCUT2D eigenvalue weighted by atomic mass is 9.41. The summed E-state index contributed by atoms with van der Waals surface area (Å²) in [7, 11) is 0. The van der Waals surface area contributed by atoms with Gasteiger partial charge < -0.3 is 9.47 Å². The third-order valence-corrected chi connectivity index (χ3v) is 9.56. The standard InChI is InChI=1S/C22H34O3/c1-12-8-11-17(23)19-16-10-9-14-6-5-7-15(14)18(16)20-22(4,21(12,19)3)25-13(2)24-20/h12-16,18-20H,5-11H2,1-4H3. The van der Waals surface area contributed by atoms with Crippen molar-refractivity contribution in [2.75, 3.05) is 0 Å². The van der Waals surface area contributed by atoms with Crippen molar-refractivity contribution in [2.45, 2.75) is 90.6 Å². The van der Waals surface area contributed by atoms with Crippen LogP contribution >= 0.6 is 0 Å². The Morgan fingerprint density at radius 3 is 2.60 bits per heavy atom. The van der Waals surface area contributed by atoms with Gasteiger partial charge in [-0.05, 0) is 69.1 Å². The molecule has 3 heteroatoms. The molecule has 0 amide bonds. The maximum atomic E-state index is 13.2. The number of carbonyl (C=O) groups excluding carboxylic acids is 1. The predicted molar refractivity (Wildman–Crippen MR) is 95.9 cm³/mol. The molecule has 1 saturated heterocycles. The summed E-state index contributed by atoms with van der Waals surface area (Å²) in [6.07, 6.45) is 8.47. The Hall–Kier alpha value is -0.410. The summed E-state index contributed by atoms with van der Waals surface area (Å²) < 4.78 is 13.1. The molecule has 0 N–H and O–H groups in total. The normalized spacial score (nSPS) is 60.6. The van der Waals surface area contributed by atoms with Gasteiger partial charge in [0.05, 0.1) is 6.10 Å². The molecule has 5 fully saturated rings. The van der Waals surface area contributed by atoms with E-state index >= 15 is 0 Å². The number of ketones is 1. The van der Waals surface area contributed by atoms with Gasteiger partial charge in [-0.2, -0.15) is 0 Å². The van der Waals surface area contributed by atoms with Crippen LogP contribution in [0.5, 0.6) is 0 Å². The molecule has 10 unspecified atom stereocenters. The summed E-state index contributed by atoms with van der Waals surface area (Å²) in [5.74, 6) is 3.89. The first-order valence-electron chi connectivity index (χ1n) is 10.7. The zero-order chi connectivity index (χ0) is 17.6. The smallest absolute Gasteiger partial charge is 0.156 e. The molecule has 10 atom stereocenters. The third kappa shape index (κ3) is 1.92. The van der Waals surface area contributed by atoms with E-state index in [1.54, 1.807) is 0 Å². The SMILES string of the molecule is CC1OC2C3C4CCCC4CCC3C3C(=O)CCC(C)C3(C)C2(C)O1. The number of Topliss-reactive ketones (excluding diaryl/α,β-unsaturated/α-hetero) is 1. The number of carbonyl (C=O) groups is 1. The molecule has 0 aromatic carbocycles. The molecule has 1 aliphatic heterocycles. The van der Waals surface area contributed by atoms with E-state index < -0.39 is 0 Å². The van der Waals surface area contributed by atoms with E-state index in [4.69, 9.17) is 9.47 Å². The molecule has 4 aliphatic carbocycles. The molecule has 5 rings (SSSR count). The summed E-state index contributed by atoms with van der Waals surface area (Å²) in [6.45, 7) is 9.07. The van der Waals surface area contributed by atoms with Crippen molar-refractivity contribution in [2.24, 2.45) is 40.9 Å². The van der Waals surface area contributed by atoms with Crippen LogP contribution in [0.4, 0.5) is 0 Å². The minimum absolute atomic E-state index is 0.0929. The molecule has 0 aromatic heterocycles. The van der Waals surface area contributed by atoms with Crippen LogP contribution in [-0.4, -0.2) is 23.8 Å². The highest BCUT2D eigenvalue weighted by atomic mass is 16.7. The summed E-state index contributed by atoms with van der Waals surface area (Å²) in [5, 5.41) is 0. The fourth-order valence-corrected chi connectivity index (χ4v) is 8.29. The monoisotopic (exact) mass is 346 g/mol. The second kappa shape index (κ2) is 5.32. The Morgan fingerprint density at radius 2 is 1.80 bits per heavy atom. The Labute approximate surface area is 152 Å². The highest BCUT2D eigenvalue weighted by molar-refractivity contribution is 5.83. The zero-order valence-corrected chi connectivity index (χ0v) is 16.3. The molecule has 4 saturated carbocycles. The van der Waals surface area contributed by atoms with E-state index in [9.17, 15) is 4.79 Å². The van der Waals surface area contributed by atoms with Crippen molar-refractivity contribution < 1.29 is 14.3 Å². The van der Waals surface area contributed by atoms with Gasteiger partial charge in [0.25, 0.3) is 0 Å². The van der Waals surface area contributed by atoms with E-state index in [0.717, 1.165) is 24.7 Å². The van der Waals surface area contributed by atoms with E-state index in [-0.39, 0.29) is 29.3 Å². The minimum atomic E-state index is -0.321. The number of hydrogen-bond acceptors (Lipinski definition) is 3. The Bertz CT molecular complexity index is 588. The highest BCUT2D eigenvalue weighted by Crippen LogP contribution is 2.68. The van der Waals surface area contributed by atoms with Crippen molar-refractivity contribution >= 4 is 5.78 Å². The lowest BCUT2D eigenvalue weighted by Crippen LogP contribution is -2.70. The van der Waals surface area contributed by atoms with Crippen molar-refractivity contribution in [3.05, 3.63) is 0 Å². The van der Waals surface area contributed by atoms with Gasteiger partial charge in [0.2, 0.25) is 0 Å². The van der Waals surface area contributed by atoms with Crippen LogP contribution in [0.2, 0.25) is 0 Å². The molecule has 3 nitrogen and oxygen atoms in total. The van der Waals surface area contributed by atoms with Crippen LogP contribution in [0, 0.1) is 40.9 Å². The third-order valence-electron chi connectivity index (χ3n) is 9.56. The zero-order valence-electron chi connectivity index (χ0n) is 16.3. The molecule has 140 valence electrons. The molecular weight excluding hydrogens is 312 g/mol. The van der Waals surface area contributed by atoms with Gasteiger partial charge in [0.15, 0.2) is 6.29 Å². The Kier molecular flexibility index (Phi) is 3.56. The maximum Gasteiger partial charge on any atom is 0.156 e. The quantitative estimate of drug-likeness (QED) is 0.644. The van der Waals surface area contributed by atoms with Gasteiger partial charge in [-0.25, -0.2) is 0 Å². The van der Waals surface area contributed by atoms with Gasteiger partial charge >= 0.3 is 0 Å². The average Bonchev–Trinajstić information content (AvgIpc) is 3.15. The number of ether oxygens (including phenoxy) is 2. The lowest BCUT2D eigenvalue weighted by Gasteiger charge is -2.65. The van der Waals surface area contributed by atoms with Gasteiger partial charge in [-0.1, -0.05) is 26.7 Å². The fourth-order valence-electron chi connectivity index (χ4n) is 8.29. The van der Waals surface area contributed by atoms with Crippen LogP contribution in [0.3, 0.4) is 0 Å². The molecule has 0 aromatic rings. The molecule has 5 aliphatic rings. The van der Waals surface area contributed by atoms with Crippen molar-refractivity contribution in [1.82, 2.24) is 0 Å². The number of rotatable bonds is 0. The van der Waals surface area contributed by atoms with Crippen LogP contribution in [0.15, 0.2) is 0 Å². The van der Waals surface area contributed by atoms with E-state index in [0.29, 0.717) is 23.5 Å². The first kappa shape index (κ1) is 16.7. The van der Waals surface area contributed by atoms with Gasteiger partial charge in [-0.3, -0.25) is 4.79 Å². The van der Waals surface area contributed by atoms with Gasteiger partial charge in [0.1, 0.15) is 11.4 Å². The van der Waals surface area contributed by atoms with Crippen LogP contribution < -0.4 is 0 Å². The van der Waals surface area contributed by atoms with Crippen molar-refractivity contribution in [1.29, 1.82) is 0 Å². The first-order chi connectivity index (χ1) is 11.9. The molecule has 0 spiro atoms. The van der Waals surface area contributed by atoms with E-state index in [1.807, 2.05) is 0 Å². The Morgan fingerprint density at radius 1 is 1.00 bits per heavy atom. The van der Waals surface area contributed by atoms with Crippen molar-refractivity contribution in [3.8, 4) is 0 Å². The van der Waals surface area contributed by atoms with Gasteiger partial charge in [-0.15, -0.1) is 0 Å². The van der Waals surface area contributed by atoms with E-state index in [1.165, 1.54) is 32.1 Å². The Balaban J connectivity index is 1.66. The van der Waals surface area contributed by atoms with E-state index in [2.05, 4.69) is 27.7 Å². The highest BCUT2D eigenvalue weighted by Gasteiger charge is 2.72. The summed E-state index contributed by atoms with van der Waals surface area (Å²) in [4.78, 5) is 13.2. The second-order valence-corrected chi connectivity index (χ2v) is 10.2. The van der Waals surface area contributed by atoms with Crippen LogP contribution in [-0.2, 0) is 14.3 Å². The largest absolute Gasteiger partial charge is 0.346 e. The molecule has 0 bridgehead atoms. The lowest BCUT2D eigenvalue weighted by molar-refractivity contribution is -0.227. The molecule has 25 heavy (non-hydrogen) atoms. The molecule has 0 radical (unpaired) electrons. The minimum Gasteiger partial charge on any atom is -0.346 e. The topological polar surface area (TPSA) is 35.5 Å². The van der Waals surface area contributed by atoms with Crippen LogP contribution in [0.25, 0.3) is 0 Å².